The molecule has 4 heterocycles. The van der Waals surface area contributed by atoms with E-state index in [1.165, 1.54) is 14.0 Å². The fraction of sp³-hybridized carbons (Fsp3) is 0.711. The summed E-state index contributed by atoms with van der Waals surface area (Å²) >= 11 is 0. The first-order chi connectivity index (χ1) is 27.8. The van der Waals surface area contributed by atoms with E-state index in [0.717, 1.165) is 29.3 Å². The average Bonchev–Trinajstić information content (AvgIpc) is 3.47. The fourth-order valence-corrected chi connectivity index (χ4v) is 9.90. The van der Waals surface area contributed by atoms with E-state index in [9.17, 15) is 24.3 Å². The summed E-state index contributed by atoms with van der Waals surface area (Å²) in [6.07, 6.45) is -0.242. The average molecular weight is 826 g/mol. The second kappa shape index (κ2) is 18.9. The number of amides is 1. The number of likely N-dealkylation sites (N-methyl/N-ethyl adjacent to an activating group) is 1. The van der Waals surface area contributed by atoms with Gasteiger partial charge in [-0.25, -0.2) is 4.79 Å². The number of unbranched alkanes of at least 4 members (excludes halogenated alkanes) is 1. The zero-order valence-electron chi connectivity index (χ0n) is 37.1. The second-order valence-corrected chi connectivity index (χ2v) is 17.7. The molecular formula is C45H67N3O11. The number of rotatable bonds is 11. The van der Waals surface area contributed by atoms with Gasteiger partial charge in [-0.15, -0.1) is 0 Å². The van der Waals surface area contributed by atoms with E-state index in [1.807, 2.05) is 64.0 Å². The Hall–Kier alpha value is -3.69. The number of methoxy groups -OCH3 is 2. The molecule has 328 valence electrons. The number of aliphatic hydroxyl groups excluding tert-OH is 1. The first-order valence-electron chi connectivity index (χ1n) is 21.2. The molecule has 3 saturated heterocycles. The van der Waals surface area contributed by atoms with Crippen molar-refractivity contribution >= 4 is 34.5 Å². The lowest BCUT2D eigenvalue weighted by Crippen LogP contribution is -2.60. The van der Waals surface area contributed by atoms with Crippen molar-refractivity contribution in [1.82, 2.24) is 14.8 Å². The van der Waals surface area contributed by atoms with Crippen LogP contribution in [0.5, 0.6) is 5.75 Å². The summed E-state index contributed by atoms with van der Waals surface area (Å²) in [5.41, 5.74) is -0.786. The molecule has 1 amide bonds. The maximum Gasteiger partial charge on any atom is 0.410 e. The van der Waals surface area contributed by atoms with Gasteiger partial charge in [0.05, 0.1) is 31.0 Å². The van der Waals surface area contributed by atoms with E-state index in [1.54, 1.807) is 45.9 Å². The molecule has 1 aromatic carbocycles. The first kappa shape index (κ1) is 46.4. The Bertz CT molecular complexity index is 1820. The Morgan fingerprint density at radius 1 is 0.983 bits per heavy atom. The third kappa shape index (κ3) is 9.31. The van der Waals surface area contributed by atoms with E-state index >= 15 is 0 Å². The van der Waals surface area contributed by atoms with Crippen molar-refractivity contribution in [2.45, 2.75) is 148 Å². The van der Waals surface area contributed by atoms with Gasteiger partial charge >= 0.3 is 12.1 Å². The number of benzene rings is 1. The molecule has 0 bridgehead atoms. The zero-order chi connectivity index (χ0) is 43.6. The zero-order valence-corrected chi connectivity index (χ0v) is 37.1. The number of fused-ring (bicyclic) bond motifs is 2. The van der Waals surface area contributed by atoms with E-state index in [0.29, 0.717) is 25.1 Å². The number of nitrogens with zero attached hydrogens (tertiary/aromatic N) is 3. The highest BCUT2D eigenvalue weighted by Crippen LogP contribution is 2.43. The number of Topliss-reactive ketones (excluding diaryl/α,β-unsaturated/α-hetero) is 2. The van der Waals surface area contributed by atoms with Crippen molar-refractivity contribution in [3.8, 4) is 5.75 Å². The smallest absolute Gasteiger partial charge is 0.410 e. The van der Waals surface area contributed by atoms with Gasteiger partial charge in [0.15, 0.2) is 17.7 Å². The summed E-state index contributed by atoms with van der Waals surface area (Å²) in [5.74, 6) is -4.26. The van der Waals surface area contributed by atoms with E-state index in [-0.39, 0.29) is 30.8 Å². The minimum absolute atomic E-state index is 0.128. The number of carbonyl (C=O) groups is 4. The summed E-state index contributed by atoms with van der Waals surface area (Å²) in [5, 5.41) is 12.5. The SMILES string of the molecule is CC[C@H]1OC(=O)[C@H](C)C(=O)[C@H](C)[C@@H](O[C@@H]2O[C@H](C)C[C@H](N(C)C)[C@H]2O)[C@](C)(OC)C[C@@H](C)C(=O)[C@H](C)[C@H]2N(CCCCc3ccnc4c(OC)cccc34)C(=O)O[C@]12C. The number of ether oxygens (including phenoxy) is 6. The second-order valence-electron chi connectivity index (χ2n) is 17.7. The number of carbonyl (C=O) groups excluding carboxylic acids is 4. The molecule has 1 aromatic heterocycles. The molecule has 13 atom stereocenters. The lowest BCUT2D eigenvalue weighted by Gasteiger charge is -2.47. The minimum Gasteiger partial charge on any atom is -0.494 e. The van der Waals surface area contributed by atoms with Gasteiger partial charge in [-0.3, -0.25) is 19.4 Å². The minimum atomic E-state index is -1.41. The van der Waals surface area contributed by atoms with Crippen molar-refractivity contribution in [1.29, 1.82) is 0 Å². The highest BCUT2D eigenvalue weighted by atomic mass is 16.7. The van der Waals surface area contributed by atoms with E-state index in [2.05, 4.69) is 4.98 Å². The van der Waals surface area contributed by atoms with Crippen LogP contribution in [-0.4, -0.2) is 132 Å². The molecule has 3 fully saturated rings. The number of hydrogen-bond donors (Lipinski definition) is 1. The maximum absolute atomic E-state index is 14.8. The summed E-state index contributed by atoms with van der Waals surface area (Å²) in [7, 11) is 6.87. The van der Waals surface area contributed by atoms with Gasteiger partial charge in [-0.1, -0.05) is 39.8 Å². The number of cyclic esters (lactones) is 1. The number of para-hydroxylation sites is 1. The molecule has 0 aliphatic carbocycles. The predicted molar refractivity (Wildman–Crippen MR) is 221 cm³/mol. The third-order valence-electron chi connectivity index (χ3n) is 13.3. The van der Waals surface area contributed by atoms with E-state index in [4.69, 9.17) is 28.4 Å². The van der Waals surface area contributed by atoms with Gasteiger partial charge in [0.25, 0.3) is 0 Å². The topological polar surface area (TPSA) is 163 Å². The molecule has 14 nitrogen and oxygen atoms in total. The van der Waals surface area contributed by atoms with Crippen LogP contribution in [0.3, 0.4) is 0 Å². The Balaban J connectivity index is 1.46. The van der Waals surface area contributed by atoms with Crippen molar-refractivity contribution in [3.05, 3.63) is 36.0 Å². The molecule has 3 aliphatic heterocycles. The molecule has 0 unspecified atom stereocenters. The van der Waals surface area contributed by atoms with E-state index < -0.39 is 83.4 Å². The van der Waals surface area contributed by atoms with Gasteiger partial charge in [-0.2, -0.15) is 0 Å². The van der Waals surface area contributed by atoms with Crippen molar-refractivity contribution in [2.75, 3.05) is 34.9 Å². The summed E-state index contributed by atoms with van der Waals surface area (Å²) in [6.45, 7) is 14.3. The molecule has 5 rings (SSSR count). The standard InChI is InChI=1S/C45H67N3O11/c1-13-34-45(8)39(48(43(53)59-45)22-15-14-17-30-20-21-46-35-31(30)18-16-19-33(35)54-11)27(4)36(49)25(2)24-44(7,55-12)40(28(5)37(50)29(6)41(52)57-34)58-42-38(51)32(47(9)10)23-26(3)56-42/h16,18-21,25-29,32,34,38-40,42,51H,13-15,17,22-24H2,1-12H3/t25-,26-,27+,28+,29-,32+,34-,38-,39-,40-,42+,44-,45-/m1/s1. The van der Waals surface area contributed by atoms with Crippen LogP contribution in [-0.2, 0) is 44.5 Å². The van der Waals surface area contributed by atoms with Gasteiger partial charge in [0.1, 0.15) is 35.2 Å². The Labute approximate surface area is 349 Å². The van der Waals surface area contributed by atoms with Crippen LogP contribution in [0, 0.1) is 23.7 Å². The predicted octanol–water partition coefficient (Wildman–Crippen LogP) is 5.77. The summed E-state index contributed by atoms with van der Waals surface area (Å²) in [4.78, 5) is 65.1. The van der Waals surface area contributed by atoms with Gasteiger partial charge in [-0.05, 0) is 98.0 Å². The van der Waals surface area contributed by atoms with Crippen molar-refractivity contribution < 1.29 is 52.7 Å². The van der Waals surface area contributed by atoms with Crippen LogP contribution in [0.2, 0.25) is 0 Å². The molecule has 1 N–H and O–H groups in total. The summed E-state index contributed by atoms with van der Waals surface area (Å²) < 4.78 is 36.8. The quantitative estimate of drug-likeness (QED) is 0.165. The highest BCUT2D eigenvalue weighted by molar-refractivity contribution is 6.00. The fourth-order valence-electron chi connectivity index (χ4n) is 9.90. The monoisotopic (exact) mass is 825 g/mol. The number of aromatic nitrogens is 1. The molecular weight excluding hydrogens is 759 g/mol. The molecule has 0 saturated carbocycles. The highest BCUT2D eigenvalue weighted by Gasteiger charge is 2.60. The van der Waals surface area contributed by atoms with Crippen LogP contribution in [0.15, 0.2) is 30.5 Å². The largest absolute Gasteiger partial charge is 0.494 e. The van der Waals surface area contributed by atoms with Gasteiger partial charge < -0.3 is 43.3 Å². The van der Waals surface area contributed by atoms with Crippen LogP contribution in [0.1, 0.15) is 93.1 Å². The van der Waals surface area contributed by atoms with Crippen LogP contribution >= 0.6 is 0 Å². The Morgan fingerprint density at radius 2 is 1.69 bits per heavy atom. The lowest BCUT2D eigenvalue weighted by atomic mass is 9.73. The molecule has 3 aliphatic rings. The molecule has 0 spiro atoms. The van der Waals surface area contributed by atoms with Crippen LogP contribution in [0.4, 0.5) is 4.79 Å². The third-order valence-corrected chi connectivity index (χ3v) is 13.3. The number of esters is 1. The first-order valence-corrected chi connectivity index (χ1v) is 21.2. The Kier molecular flexibility index (Phi) is 14.9. The van der Waals surface area contributed by atoms with Crippen molar-refractivity contribution in [2.24, 2.45) is 23.7 Å². The van der Waals surface area contributed by atoms with Gasteiger partial charge in [0.2, 0.25) is 0 Å². The summed E-state index contributed by atoms with van der Waals surface area (Å²) in [6, 6.07) is 6.75. The Morgan fingerprint density at radius 3 is 2.34 bits per heavy atom. The number of pyridine rings is 1. The molecule has 59 heavy (non-hydrogen) atoms. The number of aliphatic hydroxyl groups is 1. The maximum atomic E-state index is 14.8. The number of hydrogen-bond acceptors (Lipinski definition) is 13. The molecule has 2 aromatic rings. The van der Waals surface area contributed by atoms with Crippen molar-refractivity contribution in [3.63, 3.8) is 0 Å². The number of ketones is 2. The molecule has 0 radical (unpaired) electrons. The van der Waals surface area contributed by atoms with Crippen LogP contribution in [0.25, 0.3) is 10.9 Å². The molecule has 14 heteroatoms. The lowest BCUT2D eigenvalue weighted by molar-refractivity contribution is -0.295. The normalized spacial score (nSPS) is 36.3. The van der Waals surface area contributed by atoms with Gasteiger partial charge in [0, 0.05) is 49.0 Å². The van der Waals surface area contributed by atoms with Crippen LogP contribution < -0.4 is 4.74 Å². The number of aryl methyl sites for hydroxylation is 1.